The maximum Gasteiger partial charge on any atom is 0.0636 e. The Kier molecular flexibility index (Phi) is 3.03. The van der Waals surface area contributed by atoms with Gasteiger partial charge in [-0.2, -0.15) is 0 Å². The van der Waals surface area contributed by atoms with Crippen molar-refractivity contribution in [2.24, 2.45) is 0 Å². The number of benzene rings is 8. The van der Waals surface area contributed by atoms with Crippen LogP contribution in [0.2, 0.25) is 0 Å². The van der Waals surface area contributed by atoms with Crippen LogP contribution in [0.1, 0.15) is 78.8 Å². The molecule has 0 N–H and O–H groups in total. The van der Waals surface area contributed by atoms with Crippen LogP contribution in [0, 0.1) is 13.8 Å². The van der Waals surface area contributed by atoms with Crippen LogP contribution in [0.3, 0.4) is 0 Å². The largest absolute Gasteiger partial charge is 0.0636 e. The van der Waals surface area contributed by atoms with E-state index >= 15 is 0 Å². The first-order valence-corrected chi connectivity index (χ1v) is 16.0. The molecule has 8 aromatic rings. The van der Waals surface area contributed by atoms with Gasteiger partial charge < -0.3 is 0 Å². The molecule has 0 amide bonds. The molecule has 0 atom stereocenters. The molecule has 0 nitrogen and oxygen atoms in total. The van der Waals surface area contributed by atoms with Crippen LogP contribution in [0.4, 0.5) is 0 Å². The van der Waals surface area contributed by atoms with Gasteiger partial charge in [0.2, 0.25) is 0 Å². The zero-order valence-corrected chi connectivity index (χ0v) is 27.3. The highest BCUT2D eigenvalue weighted by atomic mass is 14.4. The van der Waals surface area contributed by atoms with E-state index < -0.39 is 164 Å². The number of rotatable bonds is 3. The molecule has 238 valence electrons. The SMILES string of the molecule is [2H]c1c(-c2c([2H])c([2H])c([2H])c(-c3c4c([2H])c([2H])c([2H])c([2H])c4c(-c4c([2H])c([2H])c([2H])c5c4-c4c([2H])c([2H])c([2H])c(C)c4C5)c4c([2H])c([2H])c([2H])c([2H])c34)c2[2H])cc2c(c1[2H])-c1c([2H])c(C)c([2H])c([2H])c1C2(C)C. The molecule has 0 fully saturated rings. The van der Waals surface area contributed by atoms with E-state index in [4.69, 9.17) is 16.4 Å². The predicted octanol–water partition coefficient (Wildman–Crippen LogP) is 13.5. The van der Waals surface area contributed by atoms with Crippen LogP contribution in [-0.4, -0.2) is 0 Å². The van der Waals surface area contributed by atoms with Crippen LogP contribution in [0.15, 0.2) is 145 Å². The lowest BCUT2D eigenvalue weighted by Gasteiger charge is -2.22. The molecular formula is C50H38. The molecule has 0 radical (unpaired) electrons. The monoisotopic (exact) mass is 661 g/mol. The smallest absolute Gasteiger partial charge is 0.0616 e. The highest BCUT2D eigenvalue weighted by Crippen LogP contribution is 2.52. The highest BCUT2D eigenvalue weighted by Gasteiger charge is 2.35. The fourth-order valence-electron chi connectivity index (χ4n) is 7.47. The first kappa shape index (κ1) is 14.3. The summed E-state index contributed by atoms with van der Waals surface area (Å²) in [6.45, 7) is 6.41. The Morgan fingerprint density at radius 3 is 1.90 bits per heavy atom. The average molecular weight is 662 g/mol. The second-order valence-electron chi connectivity index (χ2n) is 13.1. The molecule has 8 aromatic carbocycles. The Hall–Kier alpha value is -5.72. The van der Waals surface area contributed by atoms with E-state index in [9.17, 15) is 15.1 Å². The molecule has 0 saturated heterocycles. The fourth-order valence-corrected chi connectivity index (χ4v) is 7.47. The summed E-state index contributed by atoms with van der Waals surface area (Å²) in [5.74, 6) is 0. The molecule has 0 aromatic heterocycles. The lowest BCUT2D eigenvalue weighted by molar-refractivity contribution is 0.660. The summed E-state index contributed by atoms with van der Waals surface area (Å²) in [4.78, 5) is 0. The van der Waals surface area contributed by atoms with Crippen molar-refractivity contribution in [3.05, 3.63) is 178 Å². The lowest BCUT2D eigenvalue weighted by atomic mass is 9.81. The van der Waals surface area contributed by atoms with Gasteiger partial charge >= 0.3 is 0 Å². The standard InChI is InChI=1S/C50H38/c1-30-22-25-45-44(26-30)36-24-23-33(29-46(36)50(45,3)4)32-13-10-14-34(27-32)47-37-16-5-7-18-39(37)49(40-19-8-6-17-38(40)47)42-21-11-15-35-28-43-31(2)12-9-20-41(43)48(35)42/h5-27,29H,28H2,1-4H3/i5D,6D,7D,8D,9D,10D,11D,12D,13D,14D,15D,16D,17D,18D,19D,20D,21D,22D,23D,24D,25D,26D,27D. The minimum absolute atomic E-state index is 0.0253. The van der Waals surface area contributed by atoms with Gasteiger partial charge in [-0.1, -0.05) is 152 Å². The van der Waals surface area contributed by atoms with Crippen molar-refractivity contribution in [2.75, 3.05) is 0 Å². The van der Waals surface area contributed by atoms with E-state index in [1.807, 2.05) is 0 Å². The normalized spacial score (nSPS) is 20.1. The predicted molar refractivity (Wildman–Crippen MR) is 213 cm³/mol. The van der Waals surface area contributed by atoms with Crippen LogP contribution in [-0.2, 0) is 11.8 Å². The van der Waals surface area contributed by atoms with Gasteiger partial charge in [0.05, 0.1) is 31.5 Å². The van der Waals surface area contributed by atoms with Crippen LogP contribution in [0.5, 0.6) is 0 Å². The van der Waals surface area contributed by atoms with Crippen molar-refractivity contribution in [2.45, 2.75) is 39.5 Å². The van der Waals surface area contributed by atoms with Crippen LogP contribution in [0.25, 0.3) is 77.2 Å². The second kappa shape index (κ2) is 10.6. The second-order valence-corrected chi connectivity index (χ2v) is 13.1. The van der Waals surface area contributed by atoms with E-state index in [1.54, 1.807) is 13.8 Å². The van der Waals surface area contributed by atoms with Crippen molar-refractivity contribution >= 4 is 21.5 Å². The minimum Gasteiger partial charge on any atom is -0.0616 e. The van der Waals surface area contributed by atoms with Crippen molar-refractivity contribution in [3.63, 3.8) is 0 Å². The number of hydrogen-bond acceptors (Lipinski definition) is 0. The van der Waals surface area contributed by atoms with Gasteiger partial charge in [0.1, 0.15) is 0 Å². The fraction of sp³-hybridized carbons (Fsp3) is 0.120. The van der Waals surface area contributed by atoms with Crippen molar-refractivity contribution in [1.29, 1.82) is 0 Å². The first-order chi connectivity index (χ1) is 34.0. The molecule has 2 aliphatic carbocycles. The highest BCUT2D eigenvalue weighted by molar-refractivity contribution is 6.22. The summed E-state index contributed by atoms with van der Waals surface area (Å²) in [6.07, 6.45) is -0.168. The minimum atomic E-state index is -1.21. The Morgan fingerprint density at radius 2 is 1.14 bits per heavy atom. The zero-order chi connectivity index (χ0) is 53.7. The Balaban J connectivity index is 1.44. The maximum atomic E-state index is 10.0. The summed E-state index contributed by atoms with van der Waals surface area (Å²) >= 11 is 0. The van der Waals surface area contributed by atoms with Crippen LogP contribution >= 0.6 is 0 Å². The van der Waals surface area contributed by atoms with E-state index in [1.165, 1.54) is 19.9 Å². The maximum absolute atomic E-state index is 10.0. The number of fused-ring (bicyclic) bond motifs is 8. The summed E-state index contributed by atoms with van der Waals surface area (Å²) in [7, 11) is 0. The Labute approximate surface area is 327 Å². The van der Waals surface area contributed by atoms with Crippen molar-refractivity contribution in [1.82, 2.24) is 0 Å². The third kappa shape index (κ3) is 4.12. The molecular weight excluding hydrogens is 601 g/mol. The van der Waals surface area contributed by atoms with Gasteiger partial charge in [-0.3, -0.25) is 0 Å². The van der Waals surface area contributed by atoms with Gasteiger partial charge in [-0.05, 0) is 137 Å². The average Bonchev–Trinajstić information content (AvgIpc) is 3.86. The van der Waals surface area contributed by atoms with E-state index in [-0.39, 0.29) is 91.8 Å². The van der Waals surface area contributed by atoms with E-state index in [0.29, 0.717) is 5.56 Å². The zero-order valence-electron chi connectivity index (χ0n) is 50.3. The topological polar surface area (TPSA) is 0 Å². The summed E-state index contributed by atoms with van der Waals surface area (Å²) in [6, 6.07) is -13.8. The summed E-state index contributed by atoms with van der Waals surface area (Å²) in [5.41, 5.74) is -2.68. The lowest BCUT2D eigenvalue weighted by Crippen LogP contribution is -2.15. The van der Waals surface area contributed by atoms with Gasteiger partial charge in [0, 0.05) is 5.41 Å². The van der Waals surface area contributed by atoms with E-state index in [0.717, 1.165) is 0 Å². The first-order valence-electron chi connectivity index (χ1n) is 27.5. The summed E-state index contributed by atoms with van der Waals surface area (Å²) < 4.78 is 212. The molecule has 0 spiro atoms. The van der Waals surface area contributed by atoms with Gasteiger partial charge in [0.15, 0.2) is 0 Å². The van der Waals surface area contributed by atoms with Gasteiger partial charge in [-0.15, -0.1) is 0 Å². The van der Waals surface area contributed by atoms with Crippen LogP contribution < -0.4 is 0 Å². The van der Waals surface area contributed by atoms with Gasteiger partial charge in [0.25, 0.3) is 0 Å². The quantitative estimate of drug-likeness (QED) is 0.165. The van der Waals surface area contributed by atoms with Gasteiger partial charge in [-0.25, -0.2) is 0 Å². The Bertz CT molecular complexity index is 3940. The Morgan fingerprint density at radius 1 is 0.480 bits per heavy atom. The molecule has 0 heterocycles. The molecule has 0 heteroatoms. The summed E-state index contributed by atoms with van der Waals surface area (Å²) in [5, 5.41) is -2.24. The van der Waals surface area contributed by atoms with Crippen molar-refractivity contribution < 1.29 is 31.5 Å². The molecule has 0 unspecified atom stereocenters. The molecule has 2 aliphatic rings. The van der Waals surface area contributed by atoms with E-state index in [2.05, 4.69) is 0 Å². The molecule has 0 aliphatic heterocycles. The molecule has 10 rings (SSSR count). The molecule has 0 saturated carbocycles. The third-order valence-electron chi connectivity index (χ3n) is 9.88. The number of hydrogen-bond donors (Lipinski definition) is 0. The third-order valence-corrected chi connectivity index (χ3v) is 9.88. The van der Waals surface area contributed by atoms with Crippen molar-refractivity contribution in [3.8, 4) is 55.6 Å². The molecule has 0 bridgehead atoms. The molecule has 50 heavy (non-hydrogen) atoms.